The van der Waals surface area contributed by atoms with Gasteiger partial charge in [0.15, 0.2) is 5.82 Å². The molecule has 36 heavy (non-hydrogen) atoms. The zero-order valence-corrected chi connectivity index (χ0v) is 21.2. The van der Waals surface area contributed by atoms with Crippen LogP contribution in [-0.2, 0) is 10.0 Å². The Bertz CT molecular complexity index is 1700. The Balaban J connectivity index is 1.60. The fraction of sp³-hybridized carbons (Fsp3) is 0.115. The van der Waals surface area contributed by atoms with Gasteiger partial charge >= 0.3 is 0 Å². The fourth-order valence-electron chi connectivity index (χ4n) is 4.05. The molecular weight excluding hydrogens is 500 g/mol. The first kappa shape index (κ1) is 23.8. The SMILES string of the molecule is COc1cc(-c2ccc(Cl)c(C)c2)c(C)cc1-c1ncnc2cc(S(=O)(=O)Nc3ccon3)ccc12. The second-order valence-corrected chi connectivity index (χ2v) is 10.3. The molecule has 5 aromatic rings. The van der Waals surface area contributed by atoms with Crippen LogP contribution < -0.4 is 9.46 Å². The number of benzene rings is 3. The van der Waals surface area contributed by atoms with E-state index in [1.807, 2.05) is 44.2 Å². The van der Waals surface area contributed by atoms with Gasteiger partial charge in [-0.15, -0.1) is 0 Å². The maximum atomic E-state index is 12.8. The van der Waals surface area contributed by atoms with Gasteiger partial charge in [-0.2, -0.15) is 0 Å². The van der Waals surface area contributed by atoms with Crippen LogP contribution in [0.4, 0.5) is 5.82 Å². The van der Waals surface area contributed by atoms with Crippen LogP contribution in [0.15, 0.2) is 76.6 Å². The van der Waals surface area contributed by atoms with Crippen LogP contribution in [0.5, 0.6) is 5.75 Å². The third kappa shape index (κ3) is 4.38. The Morgan fingerprint density at radius 3 is 2.50 bits per heavy atom. The number of nitrogens with one attached hydrogen (secondary N) is 1. The molecule has 0 aliphatic rings. The number of fused-ring (bicyclic) bond motifs is 1. The summed E-state index contributed by atoms with van der Waals surface area (Å²) in [4.78, 5) is 8.86. The Morgan fingerprint density at radius 2 is 1.78 bits per heavy atom. The number of anilines is 1. The van der Waals surface area contributed by atoms with Gasteiger partial charge in [-0.1, -0.05) is 22.8 Å². The summed E-state index contributed by atoms with van der Waals surface area (Å²) in [6.07, 6.45) is 2.69. The van der Waals surface area contributed by atoms with Crippen molar-refractivity contribution >= 4 is 38.3 Å². The molecule has 0 atom stereocenters. The molecule has 182 valence electrons. The summed E-state index contributed by atoms with van der Waals surface area (Å²) in [5.74, 6) is 0.724. The van der Waals surface area contributed by atoms with Crippen LogP contribution in [0.3, 0.4) is 0 Å². The summed E-state index contributed by atoms with van der Waals surface area (Å²) in [5.41, 5.74) is 5.93. The van der Waals surface area contributed by atoms with Gasteiger partial charge in [-0.3, -0.25) is 4.72 Å². The zero-order chi connectivity index (χ0) is 25.4. The highest BCUT2D eigenvalue weighted by Crippen LogP contribution is 2.39. The first-order valence-electron chi connectivity index (χ1n) is 10.9. The molecular formula is C26H21ClN4O4S. The average Bonchev–Trinajstić information content (AvgIpc) is 3.37. The minimum atomic E-state index is -3.88. The molecule has 0 aliphatic heterocycles. The van der Waals surface area contributed by atoms with E-state index in [9.17, 15) is 8.42 Å². The Morgan fingerprint density at radius 1 is 0.944 bits per heavy atom. The molecule has 0 saturated heterocycles. The smallest absolute Gasteiger partial charge is 0.263 e. The van der Waals surface area contributed by atoms with Crippen molar-refractivity contribution < 1.29 is 17.7 Å². The summed E-state index contributed by atoms with van der Waals surface area (Å²) in [5, 5.41) is 5.00. The predicted octanol–water partition coefficient (Wildman–Crippen LogP) is 6.03. The third-order valence-corrected chi connectivity index (χ3v) is 7.64. The van der Waals surface area contributed by atoms with Gasteiger partial charge in [0.25, 0.3) is 10.0 Å². The summed E-state index contributed by atoms with van der Waals surface area (Å²) in [7, 11) is -2.28. The highest BCUT2D eigenvalue weighted by atomic mass is 35.5. The third-order valence-electron chi connectivity index (χ3n) is 5.87. The summed E-state index contributed by atoms with van der Waals surface area (Å²) < 4.78 is 38.4. The van der Waals surface area contributed by atoms with Gasteiger partial charge < -0.3 is 9.26 Å². The van der Waals surface area contributed by atoms with Gasteiger partial charge in [0, 0.05) is 22.0 Å². The quantitative estimate of drug-likeness (QED) is 0.291. The molecule has 0 aliphatic carbocycles. The van der Waals surface area contributed by atoms with E-state index in [-0.39, 0.29) is 10.7 Å². The second kappa shape index (κ2) is 9.25. The lowest BCUT2D eigenvalue weighted by molar-refractivity contribution is 0.416. The van der Waals surface area contributed by atoms with Gasteiger partial charge in [0.2, 0.25) is 0 Å². The molecule has 0 saturated carbocycles. The minimum Gasteiger partial charge on any atom is -0.496 e. The van der Waals surface area contributed by atoms with E-state index in [0.29, 0.717) is 27.4 Å². The van der Waals surface area contributed by atoms with E-state index in [2.05, 4.69) is 19.8 Å². The molecule has 2 aromatic heterocycles. The predicted molar refractivity (Wildman–Crippen MR) is 139 cm³/mol. The normalized spacial score (nSPS) is 11.6. The van der Waals surface area contributed by atoms with Crippen molar-refractivity contribution in [2.75, 3.05) is 11.8 Å². The molecule has 2 heterocycles. The largest absolute Gasteiger partial charge is 0.496 e. The summed E-state index contributed by atoms with van der Waals surface area (Å²) in [6, 6.07) is 16.0. The number of hydrogen-bond acceptors (Lipinski definition) is 7. The van der Waals surface area contributed by atoms with Crippen molar-refractivity contribution in [2.45, 2.75) is 18.7 Å². The van der Waals surface area contributed by atoms with Crippen molar-refractivity contribution in [1.29, 1.82) is 0 Å². The van der Waals surface area contributed by atoms with Crippen molar-refractivity contribution in [3.8, 4) is 28.1 Å². The number of methoxy groups -OCH3 is 1. The van der Waals surface area contributed by atoms with E-state index in [0.717, 1.165) is 27.8 Å². The number of halogens is 1. The monoisotopic (exact) mass is 520 g/mol. The van der Waals surface area contributed by atoms with Crippen LogP contribution >= 0.6 is 11.6 Å². The number of aromatic nitrogens is 3. The molecule has 8 nitrogen and oxygen atoms in total. The Labute approximate surface area is 213 Å². The van der Waals surface area contributed by atoms with Gasteiger partial charge in [-0.25, -0.2) is 18.4 Å². The molecule has 0 unspecified atom stereocenters. The highest BCUT2D eigenvalue weighted by Gasteiger charge is 2.19. The lowest BCUT2D eigenvalue weighted by atomic mass is 9.94. The molecule has 0 radical (unpaired) electrons. The number of rotatable bonds is 6. The maximum Gasteiger partial charge on any atom is 0.263 e. The Kier molecular flexibility index (Phi) is 6.11. The first-order valence-corrected chi connectivity index (χ1v) is 12.8. The van der Waals surface area contributed by atoms with Crippen LogP contribution in [0, 0.1) is 13.8 Å². The van der Waals surface area contributed by atoms with Crippen molar-refractivity contribution in [1.82, 2.24) is 15.1 Å². The van der Waals surface area contributed by atoms with Crippen LogP contribution in [0.1, 0.15) is 11.1 Å². The summed E-state index contributed by atoms with van der Waals surface area (Å²) in [6.45, 7) is 3.99. The van der Waals surface area contributed by atoms with E-state index >= 15 is 0 Å². The number of nitrogens with zero attached hydrogens (tertiary/aromatic N) is 3. The molecule has 0 amide bonds. The molecule has 10 heteroatoms. The van der Waals surface area contributed by atoms with Gasteiger partial charge in [-0.05, 0) is 78.6 Å². The van der Waals surface area contributed by atoms with Crippen molar-refractivity contribution in [2.24, 2.45) is 0 Å². The molecule has 3 aromatic carbocycles. The maximum absolute atomic E-state index is 12.8. The average molecular weight is 521 g/mol. The standard InChI is InChI=1S/C26H21ClN4O4S/c1-15-11-21(24(34-3)13-20(15)17-4-7-22(27)16(2)10-17)26-19-6-5-18(12-23(19)28-14-29-26)36(32,33)31-25-8-9-35-30-25/h4-14H,1-3H3,(H,30,31). The lowest BCUT2D eigenvalue weighted by Crippen LogP contribution is -2.13. The number of aryl methyl sites for hydroxylation is 2. The van der Waals surface area contributed by atoms with Gasteiger partial charge in [0.05, 0.1) is 23.2 Å². The lowest BCUT2D eigenvalue weighted by Gasteiger charge is -2.16. The zero-order valence-electron chi connectivity index (χ0n) is 19.6. The van der Waals surface area contributed by atoms with E-state index in [1.54, 1.807) is 13.2 Å². The number of ether oxygens (including phenoxy) is 1. The summed E-state index contributed by atoms with van der Waals surface area (Å²) >= 11 is 6.21. The number of hydrogen-bond donors (Lipinski definition) is 1. The van der Waals surface area contributed by atoms with E-state index in [1.165, 1.54) is 30.8 Å². The van der Waals surface area contributed by atoms with Crippen molar-refractivity contribution in [3.05, 3.63) is 83.3 Å². The fourth-order valence-corrected chi connectivity index (χ4v) is 5.18. The molecule has 1 N–H and O–H groups in total. The van der Waals surface area contributed by atoms with E-state index in [4.69, 9.17) is 20.9 Å². The topological polar surface area (TPSA) is 107 Å². The van der Waals surface area contributed by atoms with Crippen LogP contribution in [0.2, 0.25) is 5.02 Å². The van der Waals surface area contributed by atoms with Crippen LogP contribution in [0.25, 0.3) is 33.3 Å². The molecule has 0 bridgehead atoms. The van der Waals surface area contributed by atoms with Crippen molar-refractivity contribution in [3.63, 3.8) is 0 Å². The second-order valence-electron chi connectivity index (χ2n) is 8.22. The molecule has 0 fully saturated rings. The van der Waals surface area contributed by atoms with Crippen LogP contribution in [-0.4, -0.2) is 30.7 Å². The van der Waals surface area contributed by atoms with Gasteiger partial charge in [0.1, 0.15) is 18.3 Å². The Hall–Kier alpha value is -3.95. The van der Waals surface area contributed by atoms with E-state index < -0.39 is 10.0 Å². The molecule has 0 spiro atoms. The minimum absolute atomic E-state index is 0.0410. The number of sulfonamides is 1. The highest BCUT2D eigenvalue weighted by molar-refractivity contribution is 7.92. The first-order chi connectivity index (χ1) is 17.3. The molecule has 5 rings (SSSR count).